The summed E-state index contributed by atoms with van der Waals surface area (Å²) in [6.07, 6.45) is 17.2. The molecule has 0 aromatic carbocycles. The lowest BCUT2D eigenvalue weighted by Gasteiger charge is -2.56. The third kappa shape index (κ3) is 3.12. The highest BCUT2D eigenvalue weighted by Crippen LogP contribution is 2.60. The number of aromatic nitrogens is 3. The highest BCUT2D eigenvalue weighted by atomic mass is 32.2. The summed E-state index contributed by atoms with van der Waals surface area (Å²) in [6.45, 7) is 0.749. The van der Waals surface area contributed by atoms with E-state index in [1.54, 1.807) is 4.40 Å². The predicted molar refractivity (Wildman–Crippen MR) is 115 cm³/mol. The summed E-state index contributed by atoms with van der Waals surface area (Å²) < 4.78 is 33.9. The third-order valence-corrected chi connectivity index (χ3v) is 7.90. The quantitative estimate of drug-likeness (QED) is 0.762. The van der Waals surface area contributed by atoms with Crippen molar-refractivity contribution in [2.75, 3.05) is 17.6 Å². The number of hydrogen-bond acceptors (Lipinski definition) is 5. The third-order valence-electron chi connectivity index (χ3n) is 7.34. The molecule has 7 rings (SSSR count). The Morgan fingerprint density at radius 2 is 1.83 bits per heavy atom. The van der Waals surface area contributed by atoms with Gasteiger partial charge in [0, 0.05) is 23.2 Å². The van der Waals surface area contributed by atoms with Gasteiger partial charge in [-0.1, -0.05) is 18.2 Å². The van der Waals surface area contributed by atoms with Crippen LogP contribution in [0, 0.1) is 23.2 Å². The van der Waals surface area contributed by atoms with Crippen LogP contribution >= 0.6 is 0 Å². The van der Waals surface area contributed by atoms with Crippen LogP contribution in [0.15, 0.2) is 30.5 Å². The number of ether oxygens (including phenoxy) is 1. The van der Waals surface area contributed by atoms with E-state index < -0.39 is 10.0 Å². The van der Waals surface area contributed by atoms with E-state index in [1.165, 1.54) is 38.5 Å². The number of allylic oxidation sites excluding steroid dienone is 4. The van der Waals surface area contributed by atoms with Crippen molar-refractivity contribution in [1.29, 1.82) is 0 Å². The smallest absolute Gasteiger partial charge is 0.242 e. The van der Waals surface area contributed by atoms with Crippen LogP contribution in [0.4, 0.5) is 5.95 Å². The van der Waals surface area contributed by atoms with E-state index in [-0.39, 0.29) is 5.95 Å². The van der Waals surface area contributed by atoms with Crippen molar-refractivity contribution in [3.05, 3.63) is 36.1 Å². The molecule has 5 aliphatic rings. The maximum absolute atomic E-state index is 11.7. The summed E-state index contributed by atoms with van der Waals surface area (Å²) in [5.74, 6) is 3.65. The Labute approximate surface area is 176 Å². The van der Waals surface area contributed by atoms with E-state index in [9.17, 15) is 8.42 Å². The van der Waals surface area contributed by atoms with Crippen LogP contribution in [0.2, 0.25) is 0 Å². The Morgan fingerprint density at radius 3 is 2.40 bits per heavy atom. The molecule has 0 aliphatic heterocycles. The van der Waals surface area contributed by atoms with E-state index in [4.69, 9.17) is 4.74 Å². The molecule has 158 valence electrons. The van der Waals surface area contributed by atoms with Crippen LogP contribution < -0.4 is 9.46 Å². The minimum atomic E-state index is -3.44. The van der Waals surface area contributed by atoms with E-state index >= 15 is 0 Å². The van der Waals surface area contributed by atoms with Crippen LogP contribution in [0.5, 0.6) is 5.75 Å². The number of sulfonamides is 1. The van der Waals surface area contributed by atoms with E-state index in [1.807, 2.05) is 30.5 Å². The number of anilines is 1. The van der Waals surface area contributed by atoms with Crippen molar-refractivity contribution in [2.24, 2.45) is 23.2 Å². The topological polar surface area (TPSA) is 85.6 Å². The number of fused-ring (bicyclic) bond motifs is 1. The van der Waals surface area contributed by atoms with Gasteiger partial charge in [0.05, 0.1) is 12.9 Å². The zero-order chi connectivity index (χ0) is 20.5. The lowest BCUT2D eigenvalue weighted by atomic mass is 9.50. The molecular weight excluding hydrogens is 400 g/mol. The fourth-order valence-corrected chi connectivity index (χ4v) is 7.03. The zero-order valence-corrected chi connectivity index (χ0v) is 17.9. The van der Waals surface area contributed by atoms with Crippen molar-refractivity contribution in [1.82, 2.24) is 14.6 Å². The van der Waals surface area contributed by atoms with Gasteiger partial charge >= 0.3 is 0 Å². The molecule has 7 nitrogen and oxygen atoms in total. The van der Waals surface area contributed by atoms with Gasteiger partial charge in [0.25, 0.3) is 0 Å². The van der Waals surface area contributed by atoms with E-state index in [2.05, 4.69) is 14.9 Å². The van der Waals surface area contributed by atoms with Crippen LogP contribution in [0.1, 0.15) is 44.1 Å². The number of nitrogens with zero attached hydrogens (tertiary/aromatic N) is 3. The van der Waals surface area contributed by atoms with Crippen LogP contribution in [-0.2, 0) is 10.0 Å². The molecule has 0 unspecified atom stereocenters. The number of pyridine rings is 1. The van der Waals surface area contributed by atoms with E-state index in [0.717, 1.165) is 47.5 Å². The minimum absolute atomic E-state index is 0.185. The summed E-state index contributed by atoms with van der Waals surface area (Å²) in [4.78, 5) is 0. The average Bonchev–Trinajstić information content (AvgIpc) is 2.97. The SMILES string of the molecule is CS(=O)(=O)Nc1nnc2cc(OCC34CC5CC(CC(C5)C3)C4)c(C3=CC=C3)cn12. The van der Waals surface area contributed by atoms with Gasteiger partial charge < -0.3 is 4.74 Å². The Kier molecular flexibility index (Phi) is 3.88. The summed E-state index contributed by atoms with van der Waals surface area (Å²) in [6, 6.07) is 1.88. The van der Waals surface area contributed by atoms with E-state index in [0.29, 0.717) is 11.1 Å². The first-order valence-electron chi connectivity index (χ1n) is 10.7. The van der Waals surface area contributed by atoms with Gasteiger partial charge in [-0.3, -0.25) is 9.12 Å². The van der Waals surface area contributed by atoms with Crippen LogP contribution in [0.3, 0.4) is 0 Å². The molecule has 2 aromatic rings. The highest BCUT2D eigenvalue weighted by Gasteiger charge is 2.51. The second kappa shape index (κ2) is 6.33. The molecule has 2 aromatic heterocycles. The molecule has 4 fully saturated rings. The fourth-order valence-electron chi connectivity index (χ4n) is 6.56. The first-order chi connectivity index (χ1) is 14.4. The number of hydrogen-bond donors (Lipinski definition) is 1. The first-order valence-corrected chi connectivity index (χ1v) is 12.6. The second-order valence-electron chi connectivity index (χ2n) is 9.86. The zero-order valence-electron chi connectivity index (χ0n) is 17.0. The van der Waals surface area contributed by atoms with Gasteiger partial charge in [0.2, 0.25) is 16.0 Å². The number of rotatable bonds is 6. The van der Waals surface area contributed by atoms with Crippen molar-refractivity contribution >= 4 is 27.2 Å². The van der Waals surface area contributed by atoms with Crippen molar-refractivity contribution in [3.8, 4) is 5.75 Å². The molecule has 0 amide bonds. The molecule has 0 atom stereocenters. The molecule has 0 spiro atoms. The van der Waals surface area contributed by atoms with Gasteiger partial charge in [-0.05, 0) is 61.9 Å². The molecule has 0 radical (unpaired) electrons. The Balaban J connectivity index is 1.32. The molecule has 30 heavy (non-hydrogen) atoms. The lowest BCUT2D eigenvalue weighted by Crippen LogP contribution is -2.48. The molecule has 2 heterocycles. The van der Waals surface area contributed by atoms with Gasteiger partial charge in [-0.15, -0.1) is 10.2 Å². The summed E-state index contributed by atoms with van der Waals surface area (Å²) >= 11 is 0. The molecule has 4 bridgehead atoms. The molecule has 5 aliphatic carbocycles. The second-order valence-corrected chi connectivity index (χ2v) is 11.6. The molecule has 4 saturated carbocycles. The molecule has 8 heteroatoms. The largest absolute Gasteiger partial charge is 0.492 e. The van der Waals surface area contributed by atoms with Crippen LogP contribution in [-0.4, -0.2) is 35.9 Å². The average molecular weight is 427 g/mol. The van der Waals surface area contributed by atoms with Gasteiger partial charge in [0.1, 0.15) is 5.75 Å². The summed E-state index contributed by atoms with van der Waals surface area (Å²) in [5, 5.41) is 8.16. The first kappa shape index (κ1) is 18.4. The molecule has 1 N–H and O–H groups in total. The highest BCUT2D eigenvalue weighted by molar-refractivity contribution is 7.92. The lowest BCUT2D eigenvalue weighted by molar-refractivity contribution is -0.0745. The Hall–Kier alpha value is -2.35. The summed E-state index contributed by atoms with van der Waals surface area (Å²) in [7, 11) is -3.44. The Bertz CT molecular complexity index is 1160. The fraction of sp³-hybridized carbons (Fsp3) is 0.545. The normalized spacial score (nSPS) is 31.6. The van der Waals surface area contributed by atoms with Crippen molar-refractivity contribution < 1.29 is 13.2 Å². The standard InChI is InChI=1S/C22H26N4O3S/c1-30(27,28)25-21-24-23-20-8-19(18(12-26(20)21)17-3-2-4-17)29-13-22-9-14-5-15(10-22)7-16(6-14)11-22/h2-4,8,12,14-16H,5-7,9-11,13H2,1H3,(H,24,25). The Morgan fingerprint density at radius 1 is 1.17 bits per heavy atom. The van der Waals surface area contributed by atoms with Gasteiger partial charge in [0.15, 0.2) is 5.65 Å². The number of nitrogens with one attached hydrogen (secondary N) is 1. The maximum atomic E-state index is 11.7. The van der Waals surface area contributed by atoms with Crippen LogP contribution in [0.25, 0.3) is 11.2 Å². The van der Waals surface area contributed by atoms with Crippen molar-refractivity contribution in [2.45, 2.75) is 38.5 Å². The molecule has 0 saturated heterocycles. The predicted octanol–water partition coefficient (Wildman–Crippen LogP) is 3.65. The molecular formula is C22H26N4O3S. The monoisotopic (exact) mass is 426 g/mol. The maximum Gasteiger partial charge on any atom is 0.242 e. The van der Waals surface area contributed by atoms with Gasteiger partial charge in [-0.25, -0.2) is 8.42 Å². The minimum Gasteiger partial charge on any atom is -0.492 e. The summed E-state index contributed by atoms with van der Waals surface area (Å²) in [5.41, 5.74) is 2.88. The van der Waals surface area contributed by atoms with Crippen molar-refractivity contribution in [3.63, 3.8) is 0 Å². The van der Waals surface area contributed by atoms with Gasteiger partial charge in [-0.2, -0.15) is 0 Å².